The van der Waals surface area contributed by atoms with Gasteiger partial charge in [-0.05, 0) is 37.8 Å². The molecule has 1 aliphatic heterocycles. The van der Waals surface area contributed by atoms with E-state index in [2.05, 4.69) is 12.1 Å². The molecule has 1 aromatic rings. The molecule has 2 aliphatic carbocycles. The van der Waals surface area contributed by atoms with Crippen LogP contribution in [0.2, 0.25) is 0 Å². The van der Waals surface area contributed by atoms with Crippen LogP contribution in [-0.2, 0) is 5.41 Å². The van der Waals surface area contributed by atoms with E-state index < -0.39 is 0 Å². The number of rotatable bonds is 2. The third kappa shape index (κ3) is 1.38. The van der Waals surface area contributed by atoms with Gasteiger partial charge in [0.15, 0.2) is 0 Å². The Morgan fingerprint density at radius 2 is 2.12 bits per heavy atom. The van der Waals surface area contributed by atoms with Gasteiger partial charge in [-0.3, -0.25) is 0 Å². The monoisotopic (exact) mass is 231 g/mol. The molecule has 0 aromatic heterocycles. The lowest BCUT2D eigenvalue weighted by atomic mass is 9.90. The van der Waals surface area contributed by atoms with Crippen LogP contribution in [0.25, 0.3) is 0 Å². The number of benzene rings is 1. The number of hydrogen-bond acceptors (Lipinski definition) is 3. The van der Waals surface area contributed by atoms with Crippen LogP contribution in [0.5, 0.6) is 11.5 Å². The Kier molecular flexibility index (Phi) is 1.82. The van der Waals surface area contributed by atoms with Crippen LogP contribution in [0.3, 0.4) is 0 Å². The zero-order valence-electron chi connectivity index (χ0n) is 9.82. The van der Waals surface area contributed by atoms with Crippen molar-refractivity contribution in [3.05, 3.63) is 23.8 Å². The molecule has 3 heteroatoms. The second-order valence-electron chi connectivity index (χ2n) is 5.67. The Labute approximate surface area is 101 Å². The Morgan fingerprint density at radius 1 is 1.29 bits per heavy atom. The smallest absolute Gasteiger partial charge is 0.127 e. The highest BCUT2D eigenvalue weighted by Gasteiger charge is 2.52. The van der Waals surface area contributed by atoms with Crippen molar-refractivity contribution in [1.29, 1.82) is 0 Å². The van der Waals surface area contributed by atoms with Crippen LogP contribution >= 0.6 is 0 Å². The lowest BCUT2D eigenvalue weighted by molar-refractivity contribution is 0.0994. The predicted octanol–water partition coefficient (Wildman–Crippen LogP) is 1.98. The highest BCUT2D eigenvalue weighted by molar-refractivity contribution is 5.55. The summed E-state index contributed by atoms with van der Waals surface area (Å²) in [5.41, 5.74) is 7.41. The largest absolute Gasteiger partial charge is 0.492 e. The van der Waals surface area contributed by atoms with E-state index in [1.54, 1.807) is 0 Å². The van der Waals surface area contributed by atoms with E-state index in [9.17, 15) is 0 Å². The van der Waals surface area contributed by atoms with Gasteiger partial charge in [0.05, 0.1) is 6.61 Å². The Hall–Kier alpha value is -1.22. The molecule has 3 nitrogen and oxygen atoms in total. The van der Waals surface area contributed by atoms with E-state index in [0.29, 0.717) is 12.1 Å². The first-order valence-electron chi connectivity index (χ1n) is 6.45. The summed E-state index contributed by atoms with van der Waals surface area (Å²) in [6, 6.07) is 6.50. The fourth-order valence-electron chi connectivity index (χ4n) is 2.97. The van der Waals surface area contributed by atoms with Crippen molar-refractivity contribution < 1.29 is 9.47 Å². The van der Waals surface area contributed by atoms with Crippen molar-refractivity contribution >= 4 is 0 Å². The summed E-state index contributed by atoms with van der Waals surface area (Å²) < 4.78 is 11.8. The van der Waals surface area contributed by atoms with Crippen LogP contribution in [-0.4, -0.2) is 18.8 Å². The molecule has 0 bridgehead atoms. The molecule has 90 valence electrons. The maximum Gasteiger partial charge on any atom is 0.127 e. The van der Waals surface area contributed by atoms with Crippen LogP contribution < -0.4 is 15.2 Å². The van der Waals surface area contributed by atoms with Gasteiger partial charge in [0, 0.05) is 17.0 Å². The summed E-state index contributed by atoms with van der Waals surface area (Å²) in [4.78, 5) is 0. The van der Waals surface area contributed by atoms with E-state index in [1.807, 2.05) is 6.07 Å². The van der Waals surface area contributed by atoms with Gasteiger partial charge in [0.1, 0.15) is 17.6 Å². The summed E-state index contributed by atoms with van der Waals surface area (Å²) in [6.07, 6.45) is 4.76. The van der Waals surface area contributed by atoms with Gasteiger partial charge >= 0.3 is 0 Å². The van der Waals surface area contributed by atoms with Crippen molar-refractivity contribution in [3.8, 4) is 11.5 Å². The predicted molar refractivity (Wildman–Crippen MR) is 64.5 cm³/mol. The van der Waals surface area contributed by atoms with Crippen molar-refractivity contribution in [2.24, 2.45) is 5.73 Å². The first kappa shape index (κ1) is 9.77. The first-order valence-corrected chi connectivity index (χ1v) is 6.45. The highest BCUT2D eigenvalue weighted by atomic mass is 16.5. The number of nitrogens with two attached hydrogens (primary N) is 1. The van der Waals surface area contributed by atoms with Crippen LogP contribution in [0, 0.1) is 0 Å². The zero-order valence-corrected chi connectivity index (χ0v) is 9.82. The molecule has 1 heterocycles. The quantitative estimate of drug-likeness (QED) is 0.846. The molecule has 0 unspecified atom stereocenters. The lowest BCUT2D eigenvalue weighted by Crippen LogP contribution is -2.43. The van der Waals surface area contributed by atoms with Gasteiger partial charge in [0.25, 0.3) is 0 Å². The molecular formula is C14H17NO2. The Balaban J connectivity index is 1.65. The lowest BCUT2D eigenvalue weighted by Gasteiger charge is -2.33. The number of fused-ring (bicyclic) bond motifs is 2. The molecule has 1 spiro atoms. The maximum absolute atomic E-state index is 6.08. The van der Waals surface area contributed by atoms with E-state index in [4.69, 9.17) is 15.2 Å². The summed E-state index contributed by atoms with van der Waals surface area (Å²) in [6.45, 7) is 0.840. The fraction of sp³-hybridized carbons (Fsp3) is 0.571. The van der Waals surface area contributed by atoms with Crippen LogP contribution in [0.4, 0.5) is 0 Å². The second kappa shape index (κ2) is 3.16. The number of hydrogen-bond donors (Lipinski definition) is 1. The average Bonchev–Trinajstić information content (AvgIpc) is 2.95. The standard InChI is InChI=1S/C14H17NO2/c15-9-6-10(7-9)17-12-3-1-2-11-13(12)14(4-5-14)8-16-11/h1-3,9-10H,4-8,15H2/t9-,10-. The SMILES string of the molecule is N[C@H]1C[C@H](Oc2cccc3c2C2(CC2)CO3)C1. The van der Waals surface area contributed by atoms with Crippen molar-refractivity contribution in [2.45, 2.75) is 43.2 Å². The summed E-state index contributed by atoms with van der Waals surface area (Å²) in [5, 5.41) is 0. The minimum absolute atomic E-state index is 0.289. The zero-order chi connectivity index (χ0) is 11.5. The molecular weight excluding hydrogens is 214 g/mol. The second-order valence-corrected chi connectivity index (χ2v) is 5.67. The Morgan fingerprint density at radius 3 is 2.82 bits per heavy atom. The van der Waals surface area contributed by atoms with Gasteiger partial charge in [0.2, 0.25) is 0 Å². The van der Waals surface area contributed by atoms with Gasteiger partial charge in [-0.2, -0.15) is 0 Å². The first-order chi connectivity index (χ1) is 8.27. The van der Waals surface area contributed by atoms with Crippen LogP contribution in [0.15, 0.2) is 18.2 Å². The molecule has 2 N–H and O–H groups in total. The molecule has 3 aliphatic rings. The minimum atomic E-state index is 0.289. The molecule has 0 amide bonds. The van der Waals surface area contributed by atoms with Crippen LogP contribution in [0.1, 0.15) is 31.2 Å². The van der Waals surface area contributed by atoms with Gasteiger partial charge in [-0.1, -0.05) is 6.07 Å². The fourth-order valence-corrected chi connectivity index (χ4v) is 2.97. The van der Waals surface area contributed by atoms with E-state index in [1.165, 1.54) is 18.4 Å². The van der Waals surface area contributed by atoms with Crippen molar-refractivity contribution in [1.82, 2.24) is 0 Å². The molecule has 2 saturated carbocycles. The topological polar surface area (TPSA) is 44.5 Å². The molecule has 0 radical (unpaired) electrons. The third-order valence-corrected chi connectivity index (χ3v) is 4.30. The van der Waals surface area contributed by atoms with Gasteiger partial charge in [-0.25, -0.2) is 0 Å². The number of ether oxygens (including phenoxy) is 2. The molecule has 0 atom stereocenters. The van der Waals surface area contributed by atoms with E-state index in [-0.39, 0.29) is 5.41 Å². The van der Waals surface area contributed by atoms with E-state index in [0.717, 1.165) is 30.9 Å². The molecule has 17 heavy (non-hydrogen) atoms. The van der Waals surface area contributed by atoms with Gasteiger partial charge in [-0.15, -0.1) is 0 Å². The van der Waals surface area contributed by atoms with Gasteiger partial charge < -0.3 is 15.2 Å². The Bertz CT molecular complexity index is 461. The van der Waals surface area contributed by atoms with Crippen molar-refractivity contribution in [2.75, 3.05) is 6.61 Å². The summed E-state index contributed by atoms with van der Waals surface area (Å²) >= 11 is 0. The molecule has 0 saturated heterocycles. The van der Waals surface area contributed by atoms with E-state index >= 15 is 0 Å². The average molecular weight is 231 g/mol. The molecule has 4 rings (SSSR count). The summed E-state index contributed by atoms with van der Waals surface area (Å²) in [7, 11) is 0. The highest BCUT2D eigenvalue weighted by Crippen LogP contribution is 2.58. The third-order valence-electron chi connectivity index (χ3n) is 4.30. The minimum Gasteiger partial charge on any atom is -0.492 e. The molecule has 1 aromatic carbocycles. The summed E-state index contributed by atoms with van der Waals surface area (Å²) in [5.74, 6) is 2.07. The maximum atomic E-state index is 6.08. The molecule has 2 fully saturated rings. The van der Waals surface area contributed by atoms with Crippen molar-refractivity contribution in [3.63, 3.8) is 0 Å². The normalized spacial score (nSPS) is 31.6.